The van der Waals surface area contributed by atoms with Crippen LogP contribution < -0.4 is 5.32 Å². The van der Waals surface area contributed by atoms with Crippen LogP contribution in [0.25, 0.3) is 0 Å². The monoisotopic (exact) mass is 422 g/mol. The number of thiophene rings is 1. The van der Waals surface area contributed by atoms with E-state index in [2.05, 4.69) is 10.1 Å². The van der Waals surface area contributed by atoms with Gasteiger partial charge in [-0.05, 0) is 48.6 Å². The van der Waals surface area contributed by atoms with Crippen molar-refractivity contribution in [1.82, 2.24) is 4.31 Å². The van der Waals surface area contributed by atoms with Crippen LogP contribution >= 0.6 is 11.3 Å². The average Bonchev–Trinajstić information content (AvgIpc) is 3.24. The minimum Gasteiger partial charge on any atom is -0.465 e. The van der Waals surface area contributed by atoms with E-state index in [1.54, 1.807) is 41.8 Å². The molecular weight excluding hydrogens is 400 g/mol. The summed E-state index contributed by atoms with van der Waals surface area (Å²) >= 11 is 1.18. The van der Waals surface area contributed by atoms with E-state index in [-0.39, 0.29) is 18.4 Å². The van der Waals surface area contributed by atoms with Crippen molar-refractivity contribution in [2.45, 2.75) is 35.9 Å². The molecule has 1 fully saturated rings. The van der Waals surface area contributed by atoms with Gasteiger partial charge >= 0.3 is 5.97 Å². The molecular formula is C19H22N2O5S2. The molecule has 150 valence electrons. The Balaban J connectivity index is 1.67. The number of ether oxygens (including phenoxy) is 1. The fourth-order valence-corrected chi connectivity index (χ4v) is 6.07. The molecule has 3 rings (SSSR count). The fraction of sp³-hybridized carbons (Fsp3) is 0.368. The third kappa shape index (κ3) is 4.60. The third-order valence-electron chi connectivity index (χ3n) is 4.64. The number of rotatable bonds is 6. The molecule has 9 heteroatoms. The van der Waals surface area contributed by atoms with Gasteiger partial charge in [-0.3, -0.25) is 4.79 Å². The topological polar surface area (TPSA) is 92.8 Å². The third-order valence-corrected chi connectivity index (χ3v) is 7.97. The maximum absolute atomic E-state index is 12.9. The van der Waals surface area contributed by atoms with Gasteiger partial charge in [-0.15, -0.1) is 11.3 Å². The number of nitrogens with one attached hydrogen (secondary N) is 1. The molecule has 1 aliphatic heterocycles. The number of methoxy groups -OCH3 is 1. The Kier molecular flexibility index (Phi) is 6.48. The first kappa shape index (κ1) is 20.5. The summed E-state index contributed by atoms with van der Waals surface area (Å²) in [6, 6.07) is 9.30. The molecule has 1 aromatic carbocycles. The number of amides is 1. The van der Waals surface area contributed by atoms with Crippen LogP contribution in [0.1, 0.15) is 36.0 Å². The van der Waals surface area contributed by atoms with Crippen LogP contribution in [0, 0.1) is 0 Å². The number of hydrogen-bond acceptors (Lipinski definition) is 6. The first-order valence-corrected chi connectivity index (χ1v) is 11.3. The summed E-state index contributed by atoms with van der Waals surface area (Å²) in [4.78, 5) is 24.0. The maximum atomic E-state index is 12.9. The summed E-state index contributed by atoms with van der Waals surface area (Å²) in [6.45, 7) is 0.423. The highest BCUT2D eigenvalue weighted by atomic mass is 32.2. The highest BCUT2D eigenvalue weighted by molar-refractivity contribution is 7.91. The minimum atomic E-state index is -3.58. The number of nitrogens with zero attached hydrogens (tertiary/aromatic N) is 1. The van der Waals surface area contributed by atoms with Gasteiger partial charge in [0.25, 0.3) is 10.0 Å². The van der Waals surface area contributed by atoms with Gasteiger partial charge in [0.15, 0.2) is 0 Å². The van der Waals surface area contributed by atoms with Crippen molar-refractivity contribution in [2.75, 3.05) is 19.0 Å². The zero-order valence-corrected chi connectivity index (χ0v) is 17.1. The minimum absolute atomic E-state index is 0.0867. The largest absolute Gasteiger partial charge is 0.465 e. The summed E-state index contributed by atoms with van der Waals surface area (Å²) in [5, 5.41) is 4.50. The Morgan fingerprint density at radius 1 is 1.21 bits per heavy atom. The Morgan fingerprint density at radius 2 is 1.96 bits per heavy atom. The molecule has 0 spiro atoms. The lowest BCUT2D eigenvalue weighted by molar-refractivity contribution is -0.117. The molecule has 2 aromatic rings. The van der Waals surface area contributed by atoms with E-state index in [0.29, 0.717) is 28.4 Å². The number of carbonyl (C=O) groups excluding carboxylic acids is 2. The molecule has 1 unspecified atom stereocenters. The van der Waals surface area contributed by atoms with Crippen molar-refractivity contribution < 1.29 is 22.7 Å². The van der Waals surface area contributed by atoms with E-state index >= 15 is 0 Å². The first-order chi connectivity index (χ1) is 13.4. The number of piperidine rings is 1. The lowest BCUT2D eigenvalue weighted by Crippen LogP contribution is -2.45. The van der Waals surface area contributed by atoms with Crippen LogP contribution in [0.15, 0.2) is 46.0 Å². The second-order valence-electron chi connectivity index (χ2n) is 6.52. The highest BCUT2D eigenvalue weighted by Crippen LogP contribution is 2.29. The van der Waals surface area contributed by atoms with Crippen LogP contribution in [0.5, 0.6) is 0 Å². The van der Waals surface area contributed by atoms with Crippen LogP contribution in [-0.2, 0) is 19.6 Å². The second-order valence-corrected chi connectivity index (χ2v) is 9.58. The van der Waals surface area contributed by atoms with Gasteiger partial charge in [-0.25, -0.2) is 13.2 Å². The maximum Gasteiger partial charge on any atom is 0.337 e. The van der Waals surface area contributed by atoms with E-state index in [4.69, 9.17) is 0 Å². The molecule has 0 radical (unpaired) electrons. The average molecular weight is 423 g/mol. The Labute approximate surface area is 168 Å². The lowest BCUT2D eigenvalue weighted by Gasteiger charge is -2.34. The molecule has 0 saturated carbocycles. The number of anilines is 1. The van der Waals surface area contributed by atoms with E-state index in [0.717, 1.165) is 12.8 Å². The van der Waals surface area contributed by atoms with Crippen molar-refractivity contribution in [2.24, 2.45) is 0 Å². The van der Waals surface area contributed by atoms with Gasteiger partial charge in [-0.2, -0.15) is 4.31 Å². The lowest BCUT2D eigenvalue weighted by atomic mass is 10.0. The Morgan fingerprint density at radius 3 is 2.61 bits per heavy atom. The predicted octanol–water partition coefficient (Wildman–Crippen LogP) is 3.11. The number of carbonyl (C=O) groups is 2. The molecule has 28 heavy (non-hydrogen) atoms. The standard InChI is InChI=1S/C19H22N2O5S2/c1-26-19(23)14-7-9-15(10-8-14)20-17(22)13-16-5-2-3-11-21(16)28(24,25)18-6-4-12-27-18/h4,6-10,12,16H,2-3,5,11,13H2,1H3,(H,20,22). The van der Waals surface area contributed by atoms with Gasteiger partial charge in [0.2, 0.25) is 5.91 Å². The smallest absolute Gasteiger partial charge is 0.337 e. The van der Waals surface area contributed by atoms with Crippen molar-refractivity contribution in [1.29, 1.82) is 0 Å². The van der Waals surface area contributed by atoms with Crippen molar-refractivity contribution >= 4 is 38.9 Å². The molecule has 1 amide bonds. The fourth-order valence-electron chi connectivity index (χ4n) is 3.25. The quantitative estimate of drug-likeness (QED) is 0.722. The van der Waals surface area contributed by atoms with Crippen LogP contribution in [0.4, 0.5) is 5.69 Å². The Hall–Kier alpha value is -2.23. The van der Waals surface area contributed by atoms with Crippen molar-refractivity contribution in [3.63, 3.8) is 0 Å². The van der Waals surface area contributed by atoms with Gasteiger partial charge in [-0.1, -0.05) is 12.5 Å². The number of esters is 1. The molecule has 7 nitrogen and oxygen atoms in total. The molecule has 1 saturated heterocycles. The zero-order chi connectivity index (χ0) is 20.1. The summed E-state index contributed by atoms with van der Waals surface area (Å²) in [7, 11) is -2.28. The Bertz CT molecular complexity index is 924. The molecule has 0 bridgehead atoms. The van der Waals surface area contributed by atoms with Gasteiger partial charge < -0.3 is 10.1 Å². The van der Waals surface area contributed by atoms with Crippen LogP contribution in [0.2, 0.25) is 0 Å². The van der Waals surface area contributed by atoms with Gasteiger partial charge in [0.05, 0.1) is 12.7 Å². The molecule has 0 aliphatic carbocycles. The molecule has 1 atom stereocenters. The summed E-state index contributed by atoms with van der Waals surface area (Å²) in [5.41, 5.74) is 0.933. The van der Waals surface area contributed by atoms with Crippen molar-refractivity contribution in [3.8, 4) is 0 Å². The number of hydrogen-bond donors (Lipinski definition) is 1. The van der Waals surface area contributed by atoms with Gasteiger partial charge in [0, 0.05) is 24.7 Å². The van der Waals surface area contributed by atoms with E-state index < -0.39 is 16.0 Å². The number of sulfonamides is 1. The predicted molar refractivity (Wildman–Crippen MR) is 107 cm³/mol. The van der Waals surface area contributed by atoms with Crippen molar-refractivity contribution in [3.05, 3.63) is 47.3 Å². The SMILES string of the molecule is COC(=O)c1ccc(NC(=O)CC2CCCCN2S(=O)(=O)c2cccs2)cc1. The zero-order valence-electron chi connectivity index (χ0n) is 15.5. The normalized spacial score (nSPS) is 17.8. The van der Waals surface area contributed by atoms with E-state index in [1.165, 1.54) is 22.8 Å². The van der Waals surface area contributed by atoms with E-state index in [1.807, 2.05) is 0 Å². The summed E-state index contributed by atoms with van der Waals surface area (Å²) in [6.07, 6.45) is 2.42. The van der Waals surface area contributed by atoms with Gasteiger partial charge in [0.1, 0.15) is 4.21 Å². The molecule has 1 N–H and O–H groups in total. The highest BCUT2D eigenvalue weighted by Gasteiger charge is 2.35. The second kappa shape index (κ2) is 8.85. The van der Waals surface area contributed by atoms with E-state index in [9.17, 15) is 18.0 Å². The first-order valence-electron chi connectivity index (χ1n) is 8.95. The molecule has 1 aliphatic rings. The molecule has 1 aromatic heterocycles. The summed E-state index contributed by atoms with van der Waals surface area (Å²) in [5.74, 6) is -0.710. The van der Waals surface area contributed by atoms with Crippen LogP contribution in [-0.4, -0.2) is 44.3 Å². The number of benzene rings is 1. The van der Waals surface area contributed by atoms with Crippen LogP contribution in [0.3, 0.4) is 0 Å². The molecule has 2 heterocycles. The summed E-state index contributed by atoms with van der Waals surface area (Å²) < 4.78 is 32.2.